The minimum Gasteiger partial charge on any atom is -0.321 e. The summed E-state index contributed by atoms with van der Waals surface area (Å²) in [5.41, 5.74) is 2.57. The van der Waals surface area contributed by atoms with Gasteiger partial charge in [0.2, 0.25) is 0 Å². The molecule has 1 N–H and O–H groups in total. The topological polar surface area (TPSA) is 29.1 Å². The van der Waals surface area contributed by atoms with E-state index in [0.717, 1.165) is 23.3 Å². The van der Waals surface area contributed by atoms with Crippen molar-refractivity contribution in [1.82, 2.24) is 0 Å². The molecule has 7 heteroatoms. The third kappa shape index (κ3) is 3.42. The van der Waals surface area contributed by atoms with E-state index in [9.17, 15) is 18.0 Å². The highest BCUT2D eigenvalue weighted by Crippen LogP contribution is 2.38. The van der Waals surface area contributed by atoms with Crippen LogP contribution in [0, 0.1) is 0 Å². The standard InChI is InChI=1S/C17H10Br2F3NO/c18-15(19)10-3-6-14-12(8-10)13(16(24)23-14)7-9-1-4-11(5-2-9)17(20,21)22/h1-8,15H,(H,23,24). The highest BCUT2D eigenvalue weighted by atomic mass is 79.9. The van der Waals surface area contributed by atoms with Crippen LogP contribution < -0.4 is 5.32 Å². The molecular formula is C17H10Br2F3NO. The second-order valence-corrected chi connectivity index (χ2v) is 8.30. The summed E-state index contributed by atoms with van der Waals surface area (Å²) in [7, 11) is 0. The molecule has 2 aromatic rings. The van der Waals surface area contributed by atoms with Crippen LogP contribution in [0.2, 0.25) is 0 Å². The van der Waals surface area contributed by atoms with Crippen molar-refractivity contribution in [3.05, 3.63) is 64.7 Å². The number of nitrogens with one attached hydrogen (secondary N) is 1. The van der Waals surface area contributed by atoms with Crippen LogP contribution in [0.5, 0.6) is 0 Å². The molecule has 2 aromatic carbocycles. The van der Waals surface area contributed by atoms with Crippen LogP contribution >= 0.6 is 31.9 Å². The van der Waals surface area contributed by atoms with Gasteiger partial charge in [-0.25, -0.2) is 0 Å². The maximum Gasteiger partial charge on any atom is 0.416 e. The number of rotatable bonds is 2. The van der Waals surface area contributed by atoms with Crippen LogP contribution in [0.15, 0.2) is 42.5 Å². The zero-order valence-corrected chi connectivity index (χ0v) is 15.2. The number of alkyl halides is 5. The molecule has 0 unspecified atom stereocenters. The summed E-state index contributed by atoms with van der Waals surface area (Å²) in [6.45, 7) is 0. The van der Waals surface area contributed by atoms with E-state index in [1.807, 2.05) is 12.1 Å². The van der Waals surface area contributed by atoms with Crippen LogP contribution in [0.4, 0.5) is 18.9 Å². The van der Waals surface area contributed by atoms with Gasteiger partial charge in [-0.1, -0.05) is 50.1 Å². The summed E-state index contributed by atoms with van der Waals surface area (Å²) in [5, 5.41) is 2.75. The summed E-state index contributed by atoms with van der Waals surface area (Å²) >= 11 is 6.81. The normalized spacial score (nSPS) is 15.8. The van der Waals surface area contributed by atoms with Crippen molar-refractivity contribution < 1.29 is 18.0 Å². The smallest absolute Gasteiger partial charge is 0.321 e. The molecule has 0 atom stereocenters. The monoisotopic (exact) mass is 459 g/mol. The summed E-state index contributed by atoms with van der Waals surface area (Å²) in [4.78, 5) is 12.2. The zero-order chi connectivity index (χ0) is 17.5. The number of carbonyl (C=O) groups excluding carboxylic acids is 1. The Balaban J connectivity index is 2.00. The highest BCUT2D eigenvalue weighted by molar-refractivity contribution is 9.24. The van der Waals surface area contributed by atoms with Gasteiger partial charge in [0.05, 0.1) is 9.30 Å². The van der Waals surface area contributed by atoms with Gasteiger partial charge in [-0.15, -0.1) is 0 Å². The minimum absolute atomic E-state index is 0.0571. The Morgan fingerprint density at radius 3 is 2.29 bits per heavy atom. The lowest BCUT2D eigenvalue weighted by Gasteiger charge is -2.07. The molecule has 0 saturated carbocycles. The molecule has 0 aliphatic carbocycles. The molecule has 1 heterocycles. The number of hydrogen-bond acceptors (Lipinski definition) is 1. The number of hydrogen-bond donors (Lipinski definition) is 1. The maximum atomic E-state index is 12.6. The Hall–Kier alpha value is -1.60. The van der Waals surface area contributed by atoms with Crippen molar-refractivity contribution in [1.29, 1.82) is 0 Å². The lowest BCUT2D eigenvalue weighted by molar-refractivity contribution is -0.137. The summed E-state index contributed by atoms with van der Waals surface area (Å²) in [6.07, 6.45) is -2.79. The molecule has 24 heavy (non-hydrogen) atoms. The molecule has 1 aliphatic rings. The Labute approximate surface area is 153 Å². The molecule has 0 aromatic heterocycles. The van der Waals surface area contributed by atoms with Gasteiger partial charge in [0.1, 0.15) is 0 Å². The number of anilines is 1. The molecular weight excluding hydrogens is 451 g/mol. The number of benzene rings is 2. The van der Waals surface area contributed by atoms with Gasteiger partial charge in [0.15, 0.2) is 0 Å². The SMILES string of the molecule is O=C1Nc2ccc(C(Br)Br)cc2C1=Cc1ccc(C(F)(F)F)cc1. The first-order chi connectivity index (χ1) is 11.3. The van der Waals surface area contributed by atoms with Gasteiger partial charge in [-0.05, 0) is 41.5 Å². The largest absolute Gasteiger partial charge is 0.416 e. The third-order valence-electron chi connectivity index (χ3n) is 3.63. The molecule has 2 nitrogen and oxygen atoms in total. The second kappa shape index (κ2) is 6.37. The fraction of sp³-hybridized carbons (Fsp3) is 0.118. The van der Waals surface area contributed by atoms with E-state index in [0.29, 0.717) is 16.8 Å². The van der Waals surface area contributed by atoms with E-state index < -0.39 is 11.7 Å². The molecule has 0 fully saturated rings. The zero-order valence-electron chi connectivity index (χ0n) is 12.0. The van der Waals surface area contributed by atoms with Crippen LogP contribution in [0.3, 0.4) is 0 Å². The number of amides is 1. The molecule has 0 radical (unpaired) electrons. The number of fused-ring (bicyclic) bond motifs is 1. The van der Waals surface area contributed by atoms with Crippen LogP contribution in [0.25, 0.3) is 11.6 Å². The predicted molar refractivity (Wildman–Crippen MR) is 95.0 cm³/mol. The molecule has 1 aliphatic heterocycles. The van der Waals surface area contributed by atoms with Gasteiger partial charge in [-0.2, -0.15) is 13.2 Å². The first-order valence-corrected chi connectivity index (χ1v) is 8.71. The van der Waals surface area contributed by atoms with Crippen molar-refractivity contribution in [2.45, 2.75) is 9.91 Å². The number of halogens is 5. The lowest BCUT2D eigenvalue weighted by Crippen LogP contribution is -2.04. The van der Waals surface area contributed by atoms with E-state index in [2.05, 4.69) is 37.2 Å². The van der Waals surface area contributed by atoms with Crippen molar-refractivity contribution in [3.8, 4) is 0 Å². The molecule has 0 bridgehead atoms. The predicted octanol–water partition coefficient (Wildman–Crippen LogP) is 5.99. The fourth-order valence-electron chi connectivity index (χ4n) is 2.42. The van der Waals surface area contributed by atoms with Crippen molar-refractivity contribution in [2.24, 2.45) is 0 Å². The lowest BCUT2D eigenvalue weighted by atomic mass is 10.0. The van der Waals surface area contributed by atoms with Crippen molar-refractivity contribution in [3.63, 3.8) is 0 Å². The summed E-state index contributed by atoms with van der Waals surface area (Å²) in [6, 6.07) is 10.2. The van der Waals surface area contributed by atoms with Crippen LogP contribution in [-0.4, -0.2) is 5.91 Å². The van der Waals surface area contributed by atoms with E-state index in [1.165, 1.54) is 12.1 Å². The first kappa shape index (κ1) is 17.2. The quantitative estimate of drug-likeness (QED) is 0.433. The van der Waals surface area contributed by atoms with Gasteiger partial charge < -0.3 is 5.32 Å². The number of carbonyl (C=O) groups is 1. The Morgan fingerprint density at radius 1 is 1.04 bits per heavy atom. The van der Waals surface area contributed by atoms with Crippen LogP contribution in [-0.2, 0) is 11.0 Å². The second-order valence-electron chi connectivity index (χ2n) is 5.24. The molecule has 124 valence electrons. The minimum atomic E-state index is -4.38. The van der Waals surface area contributed by atoms with Crippen molar-refractivity contribution >= 4 is 55.1 Å². The van der Waals surface area contributed by atoms with E-state index in [4.69, 9.17) is 0 Å². The molecule has 3 rings (SSSR count). The summed E-state index contributed by atoms with van der Waals surface area (Å²) in [5.74, 6) is -0.275. The third-order valence-corrected chi connectivity index (χ3v) is 4.68. The Morgan fingerprint density at radius 2 is 1.71 bits per heavy atom. The van der Waals surface area contributed by atoms with Crippen LogP contribution in [0.1, 0.15) is 26.0 Å². The van der Waals surface area contributed by atoms with E-state index in [-0.39, 0.29) is 9.64 Å². The summed E-state index contributed by atoms with van der Waals surface area (Å²) < 4.78 is 37.8. The highest BCUT2D eigenvalue weighted by Gasteiger charge is 2.30. The molecule has 0 saturated heterocycles. The first-order valence-electron chi connectivity index (χ1n) is 6.88. The van der Waals surface area contributed by atoms with Crippen molar-refractivity contribution in [2.75, 3.05) is 5.32 Å². The van der Waals surface area contributed by atoms with Gasteiger partial charge >= 0.3 is 6.18 Å². The van der Waals surface area contributed by atoms with E-state index in [1.54, 1.807) is 12.1 Å². The molecule has 0 spiro atoms. The molecule has 1 amide bonds. The average Bonchev–Trinajstić information content (AvgIpc) is 2.82. The Kier molecular flexibility index (Phi) is 4.57. The van der Waals surface area contributed by atoms with Gasteiger partial charge in [-0.3, -0.25) is 4.79 Å². The Bertz CT molecular complexity index is 827. The van der Waals surface area contributed by atoms with Gasteiger partial charge in [0, 0.05) is 16.8 Å². The van der Waals surface area contributed by atoms with Gasteiger partial charge in [0.25, 0.3) is 5.91 Å². The van der Waals surface area contributed by atoms with E-state index >= 15 is 0 Å². The fourth-order valence-corrected chi connectivity index (χ4v) is 2.99. The maximum absolute atomic E-state index is 12.6. The average molecular weight is 461 g/mol.